The van der Waals surface area contributed by atoms with Crippen LogP contribution in [0.2, 0.25) is 5.02 Å². The summed E-state index contributed by atoms with van der Waals surface area (Å²) in [6.45, 7) is 1.83. The minimum Gasteiger partial charge on any atom is -0.496 e. The fourth-order valence-corrected chi connectivity index (χ4v) is 3.42. The summed E-state index contributed by atoms with van der Waals surface area (Å²) in [7, 11) is 1.49. The van der Waals surface area contributed by atoms with Gasteiger partial charge in [-0.3, -0.25) is 9.59 Å². The van der Waals surface area contributed by atoms with Gasteiger partial charge in [0.25, 0.3) is 0 Å². The summed E-state index contributed by atoms with van der Waals surface area (Å²) in [6.07, 6.45) is -0.397. The van der Waals surface area contributed by atoms with Crippen LogP contribution >= 0.6 is 11.6 Å². The van der Waals surface area contributed by atoms with E-state index < -0.39 is 23.7 Å². The van der Waals surface area contributed by atoms with E-state index in [0.29, 0.717) is 27.6 Å². The molecule has 0 fully saturated rings. The number of carbonyl (C=O) groups is 2. The number of amides is 1. The Balaban J connectivity index is 2.35. The third-order valence-corrected chi connectivity index (χ3v) is 4.78. The smallest absolute Gasteiger partial charge is 0.305 e. The minimum atomic E-state index is -1.38. The van der Waals surface area contributed by atoms with E-state index in [9.17, 15) is 14.7 Å². The van der Waals surface area contributed by atoms with E-state index in [0.717, 1.165) is 5.56 Å². The zero-order chi connectivity index (χ0) is 17.5. The molecule has 0 bridgehead atoms. The summed E-state index contributed by atoms with van der Waals surface area (Å²) < 4.78 is 5.38. The molecule has 1 aliphatic heterocycles. The monoisotopic (exact) mass is 345 g/mol. The second kappa shape index (κ2) is 5.83. The first-order valence-electron chi connectivity index (χ1n) is 7.37. The topological polar surface area (TPSA) is 75.6 Å². The van der Waals surface area contributed by atoms with Crippen LogP contribution < -0.4 is 10.1 Å². The third kappa shape index (κ3) is 2.32. The molecule has 0 saturated heterocycles. The van der Waals surface area contributed by atoms with Gasteiger partial charge in [0, 0.05) is 16.3 Å². The van der Waals surface area contributed by atoms with Crippen molar-refractivity contribution in [3.63, 3.8) is 0 Å². The van der Waals surface area contributed by atoms with Gasteiger partial charge in [-0.15, -0.1) is 0 Å². The van der Waals surface area contributed by atoms with Crippen LogP contribution in [0.5, 0.6) is 5.75 Å². The van der Waals surface area contributed by atoms with Crippen molar-refractivity contribution in [2.75, 3.05) is 12.4 Å². The fourth-order valence-electron chi connectivity index (χ4n) is 3.25. The third-order valence-electron chi connectivity index (χ3n) is 4.38. The van der Waals surface area contributed by atoms with Gasteiger partial charge >= 0.3 is 5.97 Å². The molecule has 0 aliphatic carbocycles. The number of hydrogen-bond donors (Lipinski definition) is 2. The number of halogens is 1. The average Bonchev–Trinajstić information content (AvgIpc) is 2.80. The zero-order valence-electron chi connectivity index (χ0n) is 13.2. The molecule has 24 heavy (non-hydrogen) atoms. The Labute approximate surface area is 144 Å². The first-order valence-corrected chi connectivity index (χ1v) is 7.75. The number of carboxylic acids is 1. The molecule has 5 nitrogen and oxygen atoms in total. The Morgan fingerprint density at radius 3 is 2.67 bits per heavy atom. The second-order valence-corrected chi connectivity index (χ2v) is 6.18. The summed E-state index contributed by atoms with van der Waals surface area (Å²) in [4.78, 5) is 24.5. The van der Waals surface area contributed by atoms with E-state index in [2.05, 4.69) is 5.32 Å². The van der Waals surface area contributed by atoms with Crippen LogP contribution in [-0.4, -0.2) is 24.1 Å². The van der Waals surface area contributed by atoms with Gasteiger partial charge < -0.3 is 15.2 Å². The van der Waals surface area contributed by atoms with E-state index in [1.165, 1.54) is 7.11 Å². The van der Waals surface area contributed by atoms with Crippen molar-refractivity contribution in [1.82, 2.24) is 0 Å². The number of carboxylic acid groups (broad SMARTS) is 1. The maximum atomic E-state index is 12.9. The van der Waals surface area contributed by atoms with Crippen LogP contribution in [-0.2, 0) is 15.0 Å². The predicted octanol–water partition coefficient (Wildman–Crippen LogP) is 3.37. The maximum absolute atomic E-state index is 12.9. The summed E-state index contributed by atoms with van der Waals surface area (Å²) in [5.74, 6) is -1.02. The number of nitrogens with one attached hydrogen (secondary N) is 1. The summed E-state index contributed by atoms with van der Waals surface area (Å²) in [5, 5.41) is 12.8. The molecular weight excluding hydrogens is 330 g/mol. The van der Waals surface area contributed by atoms with Gasteiger partial charge in [-0.1, -0.05) is 29.8 Å². The summed E-state index contributed by atoms with van der Waals surface area (Å²) in [6, 6.07) is 10.4. The number of carbonyl (C=O) groups excluding carboxylic acids is 1. The normalized spacial score (nSPS) is 18.9. The number of benzene rings is 2. The lowest BCUT2D eigenvalue weighted by molar-refractivity contribution is -0.140. The Morgan fingerprint density at radius 2 is 2.00 bits per heavy atom. The number of aliphatic carboxylic acids is 1. The molecule has 3 rings (SSSR count). The van der Waals surface area contributed by atoms with Crippen molar-refractivity contribution in [3.8, 4) is 5.75 Å². The zero-order valence-corrected chi connectivity index (χ0v) is 14.0. The van der Waals surface area contributed by atoms with Crippen LogP contribution in [0.3, 0.4) is 0 Å². The van der Waals surface area contributed by atoms with E-state index in [1.54, 1.807) is 36.4 Å². The van der Waals surface area contributed by atoms with Gasteiger partial charge in [-0.05, 0) is 36.2 Å². The molecule has 0 spiro atoms. The Kier molecular flexibility index (Phi) is 3.97. The molecule has 1 amide bonds. The van der Waals surface area contributed by atoms with Gasteiger partial charge in [0.1, 0.15) is 11.2 Å². The summed E-state index contributed by atoms with van der Waals surface area (Å²) in [5.41, 5.74) is 1.06. The number of anilines is 1. The van der Waals surface area contributed by atoms with Crippen LogP contribution in [0.4, 0.5) is 5.69 Å². The second-order valence-electron chi connectivity index (χ2n) is 5.78. The molecule has 2 aromatic rings. The molecule has 0 radical (unpaired) electrons. The van der Waals surface area contributed by atoms with Gasteiger partial charge in [-0.2, -0.15) is 0 Å². The molecule has 1 unspecified atom stereocenters. The molecule has 1 aliphatic rings. The molecule has 0 saturated carbocycles. The lowest BCUT2D eigenvalue weighted by Gasteiger charge is -2.28. The molecule has 1 heterocycles. The highest BCUT2D eigenvalue weighted by Crippen LogP contribution is 2.49. The number of aryl methyl sites for hydroxylation is 1. The SMILES string of the molecule is COc1ccccc1C1(CC(=O)O)C(=O)Nc2cc(C)c(Cl)cc21. The molecule has 0 aromatic heterocycles. The van der Waals surface area contributed by atoms with Gasteiger partial charge in [0.05, 0.1) is 13.5 Å². The van der Waals surface area contributed by atoms with E-state index in [4.69, 9.17) is 16.3 Å². The van der Waals surface area contributed by atoms with Crippen molar-refractivity contribution < 1.29 is 19.4 Å². The molecule has 2 N–H and O–H groups in total. The van der Waals surface area contributed by atoms with Gasteiger partial charge in [0.15, 0.2) is 0 Å². The highest BCUT2D eigenvalue weighted by atomic mass is 35.5. The van der Waals surface area contributed by atoms with E-state index in [1.807, 2.05) is 6.92 Å². The number of para-hydroxylation sites is 1. The molecule has 2 aromatic carbocycles. The lowest BCUT2D eigenvalue weighted by Crippen LogP contribution is -2.38. The predicted molar refractivity (Wildman–Crippen MR) is 90.8 cm³/mol. The highest BCUT2D eigenvalue weighted by Gasteiger charge is 2.51. The Bertz CT molecular complexity index is 849. The summed E-state index contributed by atoms with van der Waals surface area (Å²) >= 11 is 6.25. The van der Waals surface area contributed by atoms with Crippen molar-refractivity contribution in [2.24, 2.45) is 0 Å². The standard InChI is InChI=1S/C18H16ClNO4/c1-10-7-14-12(8-13(10)19)18(9-16(21)22,17(23)20-14)11-5-3-4-6-15(11)24-2/h3-8H,9H2,1-2H3,(H,20,23)(H,21,22). The van der Waals surface area contributed by atoms with Gasteiger partial charge in [-0.25, -0.2) is 0 Å². The first-order chi connectivity index (χ1) is 11.4. The quantitative estimate of drug-likeness (QED) is 0.890. The minimum absolute atomic E-state index is 0.397. The van der Waals surface area contributed by atoms with Crippen LogP contribution in [0.15, 0.2) is 36.4 Å². The lowest BCUT2D eigenvalue weighted by atomic mass is 9.72. The van der Waals surface area contributed by atoms with Crippen LogP contribution in [0.25, 0.3) is 0 Å². The van der Waals surface area contributed by atoms with Crippen LogP contribution in [0.1, 0.15) is 23.1 Å². The van der Waals surface area contributed by atoms with Crippen molar-refractivity contribution in [3.05, 3.63) is 58.1 Å². The number of methoxy groups -OCH3 is 1. The molecular formula is C18H16ClNO4. The highest BCUT2D eigenvalue weighted by molar-refractivity contribution is 6.31. The molecule has 124 valence electrons. The number of hydrogen-bond acceptors (Lipinski definition) is 3. The van der Waals surface area contributed by atoms with E-state index in [-0.39, 0.29) is 0 Å². The number of fused-ring (bicyclic) bond motifs is 1. The van der Waals surface area contributed by atoms with E-state index >= 15 is 0 Å². The number of ether oxygens (including phenoxy) is 1. The van der Waals surface area contributed by atoms with Crippen LogP contribution in [0, 0.1) is 6.92 Å². The maximum Gasteiger partial charge on any atom is 0.305 e. The molecule has 1 atom stereocenters. The largest absolute Gasteiger partial charge is 0.496 e. The van der Waals surface area contributed by atoms with Crippen molar-refractivity contribution >= 4 is 29.2 Å². The fraction of sp³-hybridized carbons (Fsp3) is 0.222. The van der Waals surface area contributed by atoms with Crippen molar-refractivity contribution in [2.45, 2.75) is 18.8 Å². The average molecular weight is 346 g/mol. The van der Waals surface area contributed by atoms with Crippen molar-refractivity contribution in [1.29, 1.82) is 0 Å². The van der Waals surface area contributed by atoms with Gasteiger partial charge in [0.2, 0.25) is 5.91 Å². The Hall–Kier alpha value is -2.53. The number of rotatable bonds is 4. The Morgan fingerprint density at radius 1 is 1.29 bits per heavy atom. The molecule has 6 heteroatoms. The first kappa shape index (κ1) is 16.3.